The summed E-state index contributed by atoms with van der Waals surface area (Å²) in [6, 6.07) is 2.92. The fourth-order valence-corrected chi connectivity index (χ4v) is 5.51. The van der Waals surface area contributed by atoms with Gasteiger partial charge in [0.05, 0.1) is 24.4 Å². The number of carbonyl (C=O) groups is 1. The van der Waals surface area contributed by atoms with Gasteiger partial charge in [0.1, 0.15) is 16.5 Å². The monoisotopic (exact) mass is 432 g/mol. The van der Waals surface area contributed by atoms with Crippen molar-refractivity contribution in [3.05, 3.63) is 46.5 Å². The molecule has 1 aromatic carbocycles. The molecule has 0 unspecified atom stereocenters. The molecule has 2 aromatic rings. The van der Waals surface area contributed by atoms with Crippen LogP contribution < -0.4 is 4.74 Å². The summed E-state index contributed by atoms with van der Waals surface area (Å²) in [7, 11) is 0.981. The molecule has 1 aliphatic rings. The maximum atomic E-state index is 13.5. The lowest BCUT2D eigenvalue weighted by molar-refractivity contribution is 0.0825. The van der Waals surface area contributed by atoms with Gasteiger partial charge < -0.3 is 9.64 Å². The Hall–Kier alpha value is -2.52. The molecule has 3 rings (SSSR count). The zero-order valence-corrected chi connectivity index (χ0v) is 19.1. The Kier molecular flexibility index (Phi) is 6.14. The molecule has 1 atom stereocenters. The molecule has 1 saturated heterocycles. The van der Waals surface area contributed by atoms with E-state index >= 15 is 0 Å². The lowest BCUT2D eigenvalue weighted by Gasteiger charge is -2.25. The van der Waals surface area contributed by atoms with Crippen LogP contribution in [0.3, 0.4) is 0 Å². The Bertz CT molecular complexity index is 1080. The second kappa shape index (κ2) is 8.31. The number of hydrogen-bond acceptors (Lipinski definition) is 6. The molecule has 8 nitrogen and oxygen atoms in total. The third kappa shape index (κ3) is 3.91. The predicted octanol–water partition coefficient (Wildman–Crippen LogP) is 2.64. The van der Waals surface area contributed by atoms with Crippen LogP contribution in [0, 0.1) is 20.8 Å². The summed E-state index contributed by atoms with van der Waals surface area (Å²) in [5.74, 6) is 0.550. The topological polar surface area (TPSA) is 92.7 Å². The van der Waals surface area contributed by atoms with Crippen molar-refractivity contribution in [2.24, 2.45) is 0 Å². The van der Waals surface area contributed by atoms with Crippen molar-refractivity contribution in [1.29, 1.82) is 0 Å². The van der Waals surface area contributed by atoms with Gasteiger partial charge in [0.2, 0.25) is 10.0 Å². The molecule has 30 heavy (non-hydrogen) atoms. The van der Waals surface area contributed by atoms with Crippen LogP contribution in [0.5, 0.6) is 5.75 Å². The number of sulfonamides is 1. The van der Waals surface area contributed by atoms with E-state index in [1.165, 1.54) is 22.5 Å². The summed E-state index contributed by atoms with van der Waals surface area (Å²) in [4.78, 5) is 22.7. The van der Waals surface area contributed by atoms with Crippen LogP contribution in [0.25, 0.3) is 0 Å². The summed E-state index contributed by atoms with van der Waals surface area (Å²) in [5.41, 5.74) is 2.78. The number of benzene rings is 1. The number of aryl methyl sites for hydroxylation is 3. The minimum absolute atomic E-state index is 0.149. The summed E-state index contributed by atoms with van der Waals surface area (Å²) < 4.78 is 33.9. The molecule has 0 radical (unpaired) electrons. The van der Waals surface area contributed by atoms with Crippen molar-refractivity contribution in [2.75, 3.05) is 27.7 Å². The van der Waals surface area contributed by atoms with Crippen molar-refractivity contribution in [3.63, 3.8) is 0 Å². The number of hydrogen-bond donors (Lipinski definition) is 0. The Balaban J connectivity index is 2.01. The van der Waals surface area contributed by atoms with Crippen LogP contribution in [0.4, 0.5) is 0 Å². The molecule has 0 N–H and O–H groups in total. The Labute approximate surface area is 177 Å². The van der Waals surface area contributed by atoms with Gasteiger partial charge in [-0.25, -0.2) is 18.4 Å². The molecule has 0 bridgehead atoms. The molecule has 0 spiro atoms. The first kappa shape index (κ1) is 22.2. The van der Waals surface area contributed by atoms with Crippen LogP contribution in [0.2, 0.25) is 0 Å². The number of nitrogens with zero attached hydrogens (tertiary/aromatic N) is 4. The van der Waals surface area contributed by atoms with Crippen molar-refractivity contribution >= 4 is 15.9 Å². The summed E-state index contributed by atoms with van der Waals surface area (Å²) in [5, 5.41) is 0. The largest absolute Gasteiger partial charge is 0.495 e. The van der Waals surface area contributed by atoms with E-state index < -0.39 is 16.1 Å². The molecular formula is C21H28N4O4S. The average molecular weight is 433 g/mol. The van der Waals surface area contributed by atoms with E-state index in [4.69, 9.17) is 4.74 Å². The van der Waals surface area contributed by atoms with Crippen LogP contribution >= 0.6 is 0 Å². The first-order valence-electron chi connectivity index (χ1n) is 9.80. The molecule has 1 fully saturated rings. The molecule has 1 aliphatic heterocycles. The van der Waals surface area contributed by atoms with Gasteiger partial charge in [-0.1, -0.05) is 0 Å². The SMILES string of the molecule is COc1cc(C)c(C)cc1S(=O)(=O)N1CCC[C@H]1c1ncc(C(=O)N(C)C)c(C)n1. The van der Waals surface area contributed by atoms with Gasteiger partial charge in [0, 0.05) is 26.8 Å². The van der Waals surface area contributed by atoms with E-state index in [1.807, 2.05) is 13.8 Å². The molecule has 9 heteroatoms. The smallest absolute Gasteiger partial charge is 0.256 e. The molecule has 1 aromatic heterocycles. The van der Waals surface area contributed by atoms with Gasteiger partial charge in [-0.2, -0.15) is 4.31 Å². The van der Waals surface area contributed by atoms with Crippen molar-refractivity contribution in [3.8, 4) is 5.75 Å². The lowest BCUT2D eigenvalue weighted by atomic mass is 10.1. The Morgan fingerprint density at radius 2 is 1.87 bits per heavy atom. The van der Waals surface area contributed by atoms with Gasteiger partial charge in [-0.15, -0.1) is 0 Å². The number of ether oxygens (including phenoxy) is 1. The third-order valence-electron chi connectivity index (χ3n) is 5.50. The Morgan fingerprint density at radius 3 is 2.47 bits per heavy atom. The molecule has 0 aliphatic carbocycles. The highest BCUT2D eigenvalue weighted by Crippen LogP contribution is 2.38. The normalized spacial score (nSPS) is 17.2. The summed E-state index contributed by atoms with van der Waals surface area (Å²) >= 11 is 0. The number of aromatic nitrogens is 2. The van der Waals surface area contributed by atoms with Gasteiger partial charge in [-0.3, -0.25) is 4.79 Å². The first-order valence-corrected chi connectivity index (χ1v) is 11.2. The standard InChI is InChI=1S/C21H28N4O4S/c1-13-10-18(29-6)19(11-14(13)2)30(27,28)25-9-7-8-17(25)20-22-12-16(15(3)23-20)21(26)24(4)5/h10-12,17H,7-9H2,1-6H3/t17-/m0/s1. The van der Waals surface area contributed by atoms with Gasteiger partial charge in [0.15, 0.2) is 0 Å². The highest BCUT2D eigenvalue weighted by Gasteiger charge is 2.39. The van der Waals surface area contributed by atoms with Crippen LogP contribution in [0.15, 0.2) is 23.2 Å². The van der Waals surface area contributed by atoms with E-state index in [9.17, 15) is 13.2 Å². The minimum Gasteiger partial charge on any atom is -0.495 e. The van der Waals surface area contributed by atoms with Gasteiger partial charge in [-0.05, 0) is 56.9 Å². The fraction of sp³-hybridized carbons (Fsp3) is 0.476. The van der Waals surface area contributed by atoms with Crippen molar-refractivity contribution < 1.29 is 17.9 Å². The van der Waals surface area contributed by atoms with Crippen LogP contribution in [-0.2, 0) is 10.0 Å². The quantitative estimate of drug-likeness (QED) is 0.721. The zero-order valence-electron chi connectivity index (χ0n) is 18.3. The average Bonchev–Trinajstić information content (AvgIpc) is 3.19. The molecular weight excluding hydrogens is 404 g/mol. The molecule has 2 heterocycles. The second-order valence-corrected chi connectivity index (χ2v) is 9.65. The van der Waals surface area contributed by atoms with Crippen molar-refractivity contribution in [2.45, 2.75) is 44.6 Å². The maximum absolute atomic E-state index is 13.5. The summed E-state index contributed by atoms with van der Waals surface area (Å²) in [6.45, 7) is 5.91. The summed E-state index contributed by atoms with van der Waals surface area (Å²) in [6.07, 6.45) is 2.81. The second-order valence-electron chi connectivity index (χ2n) is 7.79. The van der Waals surface area contributed by atoms with E-state index in [1.54, 1.807) is 33.2 Å². The van der Waals surface area contributed by atoms with E-state index in [0.717, 1.165) is 11.1 Å². The molecule has 1 amide bonds. The third-order valence-corrected chi connectivity index (χ3v) is 7.43. The predicted molar refractivity (Wildman–Crippen MR) is 113 cm³/mol. The fourth-order valence-electron chi connectivity index (χ4n) is 3.63. The highest BCUT2D eigenvalue weighted by atomic mass is 32.2. The van der Waals surface area contributed by atoms with E-state index in [-0.39, 0.29) is 10.8 Å². The number of carbonyl (C=O) groups excluding carboxylic acids is 1. The number of rotatable bonds is 5. The molecule has 162 valence electrons. The van der Waals surface area contributed by atoms with Crippen LogP contribution in [-0.4, -0.2) is 61.2 Å². The zero-order chi connectivity index (χ0) is 22.2. The van der Waals surface area contributed by atoms with Crippen LogP contribution in [0.1, 0.15) is 51.9 Å². The van der Waals surface area contributed by atoms with Gasteiger partial charge >= 0.3 is 0 Å². The number of methoxy groups -OCH3 is 1. The first-order chi connectivity index (χ1) is 14.1. The van der Waals surface area contributed by atoms with E-state index in [0.29, 0.717) is 42.2 Å². The highest BCUT2D eigenvalue weighted by molar-refractivity contribution is 7.89. The lowest BCUT2D eigenvalue weighted by Crippen LogP contribution is -2.32. The van der Waals surface area contributed by atoms with E-state index in [2.05, 4.69) is 9.97 Å². The Morgan fingerprint density at radius 1 is 1.20 bits per heavy atom. The maximum Gasteiger partial charge on any atom is 0.256 e. The van der Waals surface area contributed by atoms with Gasteiger partial charge in [0.25, 0.3) is 5.91 Å². The van der Waals surface area contributed by atoms with Crippen molar-refractivity contribution in [1.82, 2.24) is 19.2 Å². The number of amides is 1. The molecule has 0 saturated carbocycles. The minimum atomic E-state index is -3.82.